The summed E-state index contributed by atoms with van der Waals surface area (Å²) in [6.07, 6.45) is 2.15. The van der Waals surface area contributed by atoms with Gasteiger partial charge in [0.25, 0.3) is 0 Å². The minimum atomic E-state index is -0.938. The Kier molecular flexibility index (Phi) is 5.01. The summed E-state index contributed by atoms with van der Waals surface area (Å²) in [5.74, 6) is -0.768. The number of carboxylic acids is 1. The van der Waals surface area contributed by atoms with Gasteiger partial charge in [-0.15, -0.1) is 0 Å². The lowest BCUT2D eigenvalue weighted by Crippen LogP contribution is -2.56. The smallest absolute Gasteiger partial charge is 0.328 e. The van der Waals surface area contributed by atoms with Crippen molar-refractivity contribution in [3.63, 3.8) is 0 Å². The molecular weight excluding hydrogens is 264 g/mol. The second-order valence-corrected chi connectivity index (χ2v) is 6.11. The molecule has 1 aromatic rings. The normalized spacial score (nSPS) is 20.1. The van der Waals surface area contributed by atoms with Crippen molar-refractivity contribution in [2.24, 2.45) is 0 Å². The zero-order valence-electron chi connectivity index (χ0n) is 13.3. The molecule has 0 aromatic heterocycles. The van der Waals surface area contributed by atoms with Crippen molar-refractivity contribution in [3.8, 4) is 0 Å². The van der Waals surface area contributed by atoms with Gasteiger partial charge in [0.1, 0.15) is 5.54 Å². The molecule has 1 saturated heterocycles. The van der Waals surface area contributed by atoms with Gasteiger partial charge in [-0.3, -0.25) is 4.90 Å². The van der Waals surface area contributed by atoms with Crippen molar-refractivity contribution in [1.29, 1.82) is 0 Å². The average molecular weight is 290 g/mol. The van der Waals surface area contributed by atoms with E-state index in [4.69, 9.17) is 0 Å². The minimum absolute atomic E-state index is 0.768. The second kappa shape index (κ2) is 6.58. The molecule has 0 amide bonds. The fourth-order valence-corrected chi connectivity index (χ4v) is 2.98. The Hall–Kier alpha value is -1.39. The first-order valence-electron chi connectivity index (χ1n) is 7.75. The van der Waals surface area contributed by atoms with Crippen LogP contribution in [0.15, 0.2) is 24.3 Å². The van der Waals surface area contributed by atoms with Crippen LogP contribution in [0.3, 0.4) is 0 Å². The Bertz CT molecular complexity index is 478. The molecule has 21 heavy (non-hydrogen) atoms. The summed E-state index contributed by atoms with van der Waals surface area (Å²) in [6.45, 7) is 7.38. The van der Waals surface area contributed by atoms with Gasteiger partial charge >= 0.3 is 5.97 Å². The van der Waals surface area contributed by atoms with E-state index in [-0.39, 0.29) is 0 Å². The quantitative estimate of drug-likeness (QED) is 0.903. The first-order valence-corrected chi connectivity index (χ1v) is 7.75. The van der Waals surface area contributed by atoms with Crippen molar-refractivity contribution in [3.05, 3.63) is 35.4 Å². The monoisotopic (exact) mass is 290 g/mol. The first kappa shape index (κ1) is 16.0. The maximum Gasteiger partial charge on any atom is 0.328 e. The number of benzene rings is 1. The lowest BCUT2D eigenvalue weighted by molar-refractivity contribution is -0.152. The molecular formula is C17H26N2O2. The summed E-state index contributed by atoms with van der Waals surface area (Å²) in [7, 11) is 2.08. The van der Waals surface area contributed by atoms with Gasteiger partial charge in [-0.2, -0.15) is 0 Å². The molecule has 1 aliphatic heterocycles. The molecule has 1 aromatic carbocycles. The van der Waals surface area contributed by atoms with Gasteiger partial charge < -0.3 is 10.0 Å². The SMILES string of the molecule is CCCc1ccc(C(C)(C(=O)O)N2CCN(C)CC2)cc1. The number of likely N-dealkylation sites (N-methyl/N-ethyl adjacent to an activating group) is 1. The second-order valence-electron chi connectivity index (χ2n) is 6.11. The molecule has 0 radical (unpaired) electrons. The summed E-state index contributed by atoms with van der Waals surface area (Å²) in [6, 6.07) is 8.10. The van der Waals surface area contributed by atoms with E-state index in [2.05, 4.69) is 35.9 Å². The summed E-state index contributed by atoms with van der Waals surface area (Å²) in [5, 5.41) is 9.82. The van der Waals surface area contributed by atoms with Crippen LogP contribution in [0.2, 0.25) is 0 Å². The van der Waals surface area contributed by atoms with E-state index >= 15 is 0 Å². The number of carbonyl (C=O) groups is 1. The molecule has 1 aliphatic rings. The third-order valence-corrected chi connectivity index (χ3v) is 4.61. The molecule has 1 N–H and O–H groups in total. The zero-order valence-corrected chi connectivity index (χ0v) is 13.3. The van der Waals surface area contributed by atoms with Gasteiger partial charge in [0.2, 0.25) is 0 Å². The summed E-state index contributed by atoms with van der Waals surface area (Å²) in [4.78, 5) is 16.3. The van der Waals surface area contributed by atoms with Crippen LogP contribution in [0.25, 0.3) is 0 Å². The van der Waals surface area contributed by atoms with E-state index in [9.17, 15) is 9.90 Å². The number of aryl methyl sites for hydroxylation is 1. The molecule has 1 heterocycles. The van der Waals surface area contributed by atoms with Crippen LogP contribution in [0, 0.1) is 0 Å². The highest BCUT2D eigenvalue weighted by Crippen LogP contribution is 2.30. The summed E-state index contributed by atoms with van der Waals surface area (Å²) in [5.41, 5.74) is 1.21. The standard InChI is InChI=1S/C17H26N2O2/c1-4-5-14-6-8-15(9-7-14)17(2,16(20)21)19-12-10-18(3)11-13-19/h6-9H,4-5,10-13H2,1-3H3,(H,20,21). The number of piperazine rings is 1. The van der Waals surface area contributed by atoms with Crippen molar-refractivity contribution < 1.29 is 9.90 Å². The van der Waals surface area contributed by atoms with Crippen molar-refractivity contribution in [2.45, 2.75) is 32.2 Å². The highest BCUT2D eigenvalue weighted by molar-refractivity contribution is 5.80. The van der Waals surface area contributed by atoms with E-state index in [0.717, 1.165) is 44.6 Å². The molecule has 116 valence electrons. The van der Waals surface area contributed by atoms with Crippen LogP contribution in [0.5, 0.6) is 0 Å². The molecule has 0 aliphatic carbocycles. The third-order valence-electron chi connectivity index (χ3n) is 4.61. The fourth-order valence-electron chi connectivity index (χ4n) is 2.98. The van der Waals surface area contributed by atoms with Crippen LogP contribution in [0.1, 0.15) is 31.4 Å². The first-order chi connectivity index (χ1) is 9.98. The van der Waals surface area contributed by atoms with Crippen LogP contribution >= 0.6 is 0 Å². The molecule has 2 rings (SSSR count). The Labute approximate surface area is 127 Å². The molecule has 1 fully saturated rings. The van der Waals surface area contributed by atoms with Crippen LogP contribution in [0.4, 0.5) is 0 Å². The number of hydrogen-bond acceptors (Lipinski definition) is 3. The molecule has 1 atom stereocenters. The van der Waals surface area contributed by atoms with Crippen molar-refractivity contribution >= 4 is 5.97 Å². The van der Waals surface area contributed by atoms with E-state index < -0.39 is 11.5 Å². The van der Waals surface area contributed by atoms with Gasteiger partial charge in [0.05, 0.1) is 0 Å². The Morgan fingerprint density at radius 2 is 1.76 bits per heavy atom. The van der Waals surface area contributed by atoms with E-state index in [0.29, 0.717) is 0 Å². The number of carboxylic acid groups (broad SMARTS) is 1. The van der Waals surface area contributed by atoms with E-state index in [1.165, 1.54) is 5.56 Å². The molecule has 4 nitrogen and oxygen atoms in total. The lowest BCUT2D eigenvalue weighted by atomic mass is 9.88. The molecule has 0 spiro atoms. The molecule has 0 bridgehead atoms. The van der Waals surface area contributed by atoms with Crippen LogP contribution < -0.4 is 0 Å². The fraction of sp³-hybridized carbons (Fsp3) is 0.588. The maximum absolute atomic E-state index is 12.0. The largest absolute Gasteiger partial charge is 0.480 e. The lowest BCUT2D eigenvalue weighted by Gasteiger charge is -2.42. The van der Waals surface area contributed by atoms with Gasteiger partial charge in [0.15, 0.2) is 0 Å². The molecule has 1 unspecified atom stereocenters. The Morgan fingerprint density at radius 3 is 2.24 bits per heavy atom. The third kappa shape index (κ3) is 3.27. The zero-order chi connectivity index (χ0) is 15.5. The highest BCUT2D eigenvalue weighted by Gasteiger charge is 2.42. The number of rotatable bonds is 5. The van der Waals surface area contributed by atoms with E-state index in [1.54, 1.807) is 0 Å². The average Bonchev–Trinajstić information content (AvgIpc) is 2.48. The van der Waals surface area contributed by atoms with Gasteiger partial charge in [-0.05, 0) is 31.5 Å². The molecule has 0 saturated carbocycles. The highest BCUT2D eigenvalue weighted by atomic mass is 16.4. The topological polar surface area (TPSA) is 43.8 Å². The minimum Gasteiger partial charge on any atom is -0.480 e. The van der Waals surface area contributed by atoms with Crippen LogP contribution in [-0.2, 0) is 16.8 Å². The van der Waals surface area contributed by atoms with Crippen molar-refractivity contribution in [2.75, 3.05) is 33.2 Å². The predicted octanol–water partition coefficient (Wildman–Crippen LogP) is 2.19. The van der Waals surface area contributed by atoms with Gasteiger partial charge in [-0.25, -0.2) is 4.79 Å². The number of hydrogen-bond donors (Lipinski definition) is 1. The maximum atomic E-state index is 12.0. The van der Waals surface area contributed by atoms with Gasteiger partial charge in [-0.1, -0.05) is 37.6 Å². The van der Waals surface area contributed by atoms with E-state index in [1.807, 2.05) is 19.1 Å². The van der Waals surface area contributed by atoms with Gasteiger partial charge in [0, 0.05) is 26.2 Å². The Balaban J connectivity index is 2.26. The summed E-state index contributed by atoms with van der Waals surface area (Å²) >= 11 is 0. The number of aliphatic carboxylic acids is 1. The number of nitrogens with zero attached hydrogens (tertiary/aromatic N) is 2. The predicted molar refractivity (Wildman–Crippen MR) is 84.5 cm³/mol. The van der Waals surface area contributed by atoms with Crippen molar-refractivity contribution in [1.82, 2.24) is 9.80 Å². The van der Waals surface area contributed by atoms with Crippen LogP contribution in [-0.4, -0.2) is 54.1 Å². The Morgan fingerprint density at radius 1 is 1.19 bits per heavy atom. The molecule has 4 heteroatoms. The summed E-state index contributed by atoms with van der Waals surface area (Å²) < 4.78 is 0.